The van der Waals surface area contributed by atoms with Crippen LogP contribution in [0, 0.1) is 11.6 Å². The molecule has 3 nitrogen and oxygen atoms in total. The van der Waals surface area contributed by atoms with E-state index >= 15 is 0 Å². The predicted octanol–water partition coefficient (Wildman–Crippen LogP) is 3.56. The van der Waals surface area contributed by atoms with E-state index in [0.717, 1.165) is 12.1 Å². The van der Waals surface area contributed by atoms with Crippen LogP contribution in [0.1, 0.15) is 15.9 Å². The Morgan fingerprint density at radius 1 is 1.29 bits per heavy atom. The molecule has 0 unspecified atom stereocenters. The smallest absolute Gasteiger partial charge is 0.254 e. The number of hydrogen-bond donors (Lipinski definition) is 1. The lowest BCUT2D eigenvalue weighted by Crippen LogP contribution is -2.24. The lowest BCUT2D eigenvalue weighted by molar-refractivity contribution is 0.0946. The van der Waals surface area contributed by atoms with Crippen molar-refractivity contribution < 1.29 is 18.3 Å². The number of amides is 1. The Labute approximate surface area is 125 Å². The Kier molecular flexibility index (Phi) is 4.75. The summed E-state index contributed by atoms with van der Waals surface area (Å²) < 4.78 is 31.5. The molecular formula is C15H12ClF2NO2. The summed E-state index contributed by atoms with van der Waals surface area (Å²) in [6.07, 6.45) is 0. The molecular weight excluding hydrogens is 300 g/mol. The van der Waals surface area contributed by atoms with E-state index in [9.17, 15) is 13.6 Å². The van der Waals surface area contributed by atoms with Crippen LogP contribution >= 0.6 is 11.6 Å². The number of carbonyl (C=O) groups excluding carboxylic acids is 1. The molecule has 0 bridgehead atoms. The lowest BCUT2D eigenvalue weighted by Gasteiger charge is -2.11. The van der Waals surface area contributed by atoms with Gasteiger partial charge in [0.15, 0.2) is 0 Å². The fourth-order valence-corrected chi connectivity index (χ4v) is 2.07. The summed E-state index contributed by atoms with van der Waals surface area (Å²) in [5.74, 6) is -1.80. The molecule has 0 saturated heterocycles. The van der Waals surface area contributed by atoms with Crippen LogP contribution in [0.2, 0.25) is 5.02 Å². The van der Waals surface area contributed by atoms with Crippen molar-refractivity contribution in [1.82, 2.24) is 5.32 Å². The summed E-state index contributed by atoms with van der Waals surface area (Å²) in [6, 6.07) is 7.84. The van der Waals surface area contributed by atoms with Crippen LogP contribution in [0.4, 0.5) is 8.78 Å². The Hall–Kier alpha value is -2.14. The molecule has 0 atom stereocenters. The van der Waals surface area contributed by atoms with E-state index in [4.69, 9.17) is 16.3 Å². The molecule has 2 aromatic rings. The molecule has 1 N–H and O–H groups in total. The number of carbonyl (C=O) groups is 1. The highest BCUT2D eigenvalue weighted by Crippen LogP contribution is 2.26. The first-order valence-electron chi connectivity index (χ1n) is 6.07. The van der Waals surface area contributed by atoms with E-state index in [-0.39, 0.29) is 12.1 Å². The average Bonchev–Trinajstić information content (AvgIpc) is 2.45. The van der Waals surface area contributed by atoms with Gasteiger partial charge in [-0.15, -0.1) is 0 Å². The minimum atomic E-state index is -0.918. The van der Waals surface area contributed by atoms with Crippen molar-refractivity contribution in [2.45, 2.75) is 6.54 Å². The van der Waals surface area contributed by atoms with Gasteiger partial charge in [-0.1, -0.05) is 17.7 Å². The maximum absolute atomic E-state index is 13.5. The van der Waals surface area contributed by atoms with E-state index < -0.39 is 17.5 Å². The van der Waals surface area contributed by atoms with Gasteiger partial charge in [0.1, 0.15) is 17.4 Å². The first-order chi connectivity index (χ1) is 10.0. The van der Waals surface area contributed by atoms with E-state index in [1.165, 1.54) is 7.11 Å². The zero-order chi connectivity index (χ0) is 15.4. The Bertz CT molecular complexity index is 677. The maximum atomic E-state index is 13.5. The highest BCUT2D eigenvalue weighted by Gasteiger charge is 2.14. The minimum Gasteiger partial charge on any atom is -0.496 e. The zero-order valence-electron chi connectivity index (χ0n) is 11.1. The van der Waals surface area contributed by atoms with Crippen molar-refractivity contribution in [2.24, 2.45) is 0 Å². The number of benzene rings is 2. The molecule has 2 aromatic carbocycles. The second-order valence-electron chi connectivity index (χ2n) is 4.23. The summed E-state index contributed by atoms with van der Waals surface area (Å²) in [6.45, 7) is 0.0680. The average molecular weight is 312 g/mol. The molecule has 0 spiro atoms. The van der Waals surface area contributed by atoms with Crippen molar-refractivity contribution in [1.29, 1.82) is 0 Å². The van der Waals surface area contributed by atoms with Gasteiger partial charge < -0.3 is 10.1 Å². The third-order valence-corrected chi connectivity index (χ3v) is 3.25. The first-order valence-corrected chi connectivity index (χ1v) is 6.45. The summed E-state index contributed by atoms with van der Waals surface area (Å²) in [5, 5.41) is 2.95. The van der Waals surface area contributed by atoms with Crippen molar-refractivity contribution in [3.8, 4) is 5.75 Å². The topological polar surface area (TPSA) is 38.3 Å². The van der Waals surface area contributed by atoms with Crippen molar-refractivity contribution >= 4 is 17.5 Å². The van der Waals surface area contributed by atoms with Crippen molar-refractivity contribution in [3.05, 3.63) is 64.2 Å². The van der Waals surface area contributed by atoms with Crippen molar-refractivity contribution in [2.75, 3.05) is 7.11 Å². The van der Waals surface area contributed by atoms with Gasteiger partial charge in [0.25, 0.3) is 5.91 Å². The fourth-order valence-electron chi connectivity index (χ4n) is 1.84. The second-order valence-corrected chi connectivity index (χ2v) is 4.63. The zero-order valence-corrected chi connectivity index (χ0v) is 11.9. The Balaban J connectivity index is 2.15. The summed E-state index contributed by atoms with van der Waals surface area (Å²) in [7, 11) is 1.48. The van der Waals surface area contributed by atoms with Gasteiger partial charge in [-0.25, -0.2) is 8.78 Å². The number of hydrogen-bond acceptors (Lipinski definition) is 2. The molecule has 2 rings (SSSR count). The van der Waals surface area contributed by atoms with E-state index in [1.807, 2.05) is 0 Å². The fraction of sp³-hybridized carbons (Fsp3) is 0.133. The molecule has 1 amide bonds. The normalized spacial score (nSPS) is 10.3. The minimum absolute atomic E-state index is 0.0680. The monoisotopic (exact) mass is 311 g/mol. The number of rotatable bonds is 4. The largest absolute Gasteiger partial charge is 0.496 e. The molecule has 21 heavy (non-hydrogen) atoms. The van der Waals surface area contributed by atoms with E-state index in [0.29, 0.717) is 22.4 Å². The molecule has 110 valence electrons. The summed E-state index contributed by atoms with van der Waals surface area (Å²) in [5.41, 5.74) is 0.347. The van der Waals surface area contributed by atoms with Crippen LogP contribution < -0.4 is 10.1 Å². The predicted molar refractivity (Wildman–Crippen MR) is 75.5 cm³/mol. The first kappa shape index (κ1) is 15.3. The van der Waals surface area contributed by atoms with Gasteiger partial charge in [0, 0.05) is 23.2 Å². The molecule has 0 fully saturated rings. The van der Waals surface area contributed by atoms with Gasteiger partial charge in [-0.05, 0) is 24.3 Å². The molecule has 0 aliphatic carbocycles. The van der Waals surface area contributed by atoms with Crippen LogP contribution in [0.25, 0.3) is 0 Å². The Morgan fingerprint density at radius 2 is 2.05 bits per heavy atom. The highest BCUT2D eigenvalue weighted by atomic mass is 35.5. The Morgan fingerprint density at radius 3 is 2.71 bits per heavy atom. The number of halogens is 3. The second kappa shape index (κ2) is 6.54. The third-order valence-electron chi connectivity index (χ3n) is 2.90. The SMILES string of the molecule is COc1cccc(Cl)c1CNC(=O)c1ccc(F)cc1F. The molecule has 0 saturated carbocycles. The van der Waals surface area contributed by atoms with Gasteiger partial charge in [-0.3, -0.25) is 4.79 Å². The van der Waals surface area contributed by atoms with Crippen LogP contribution in [-0.2, 0) is 6.54 Å². The van der Waals surface area contributed by atoms with Crippen LogP contribution in [0.5, 0.6) is 5.75 Å². The molecule has 0 radical (unpaired) electrons. The van der Waals surface area contributed by atoms with Crippen molar-refractivity contribution in [3.63, 3.8) is 0 Å². The van der Waals surface area contributed by atoms with E-state index in [2.05, 4.69) is 5.32 Å². The van der Waals surface area contributed by atoms with Gasteiger partial charge in [-0.2, -0.15) is 0 Å². The van der Waals surface area contributed by atoms with Gasteiger partial charge in [0.2, 0.25) is 0 Å². The molecule has 6 heteroatoms. The van der Waals surface area contributed by atoms with E-state index in [1.54, 1.807) is 18.2 Å². The third kappa shape index (κ3) is 3.49. The molecule has 0 heterocycles. The highest BCUT2D eigenvalue weighted by molar-refractivity contribution is 6.31. The summed E-state index contributed by atoms with van der Waals surface area (Å²) >= 11 is 6.03. The number of ether oxygens (including phenoxy) is 1. The molecule has 0 aliphatic heterocycles. The van der Waals surface area contributed by atoms with Crippen LogP contribution in [0.3, 0.4) is 0 Å². The number of methoxy groups -OCH3 is 1. The molecule has 0 aliphatic rings. The maximum Gasteiger partial charge on any atom is 0.254 e. The quantitative estimate of drug-likeness (QED) is 0.937. The van der Waals surface area contributed by atoms with Gasteiger partial charge in [0.05, 0.1) is 12.7 Å². The van der Waals surface area contributed by atoms with Crippen LogP contribution in [0.15, 0.2) is 36.4 Å². The number of nitrogens with one attached hydrogen (secondary N) is 1. The summed E-state index contributed by atoms with van der Waals surface area (Å²) in [4.78, 5) is 11.9. The van der Waals surface area contributed by atoms with Crippen LogP contribution in [-0.4, -0.2) is 13.0 Å². The lowest BCUT2D eigenvalue weighted by atomic mass is 10.1. The molecule has 0 aromatic heterocycles. The van der Waals surface area contributed by atoms with Gasteiger partial charge >= 0.3 is 0 Å². The standard InChI is InChI=1S/C15H12ClF2NO2/c1-21-14-4-2-3-12(16)11(14)8-19-15(20)10-6-5-9(17)7-13(10)18/h2-7H,8H2,1H3,(H,19,20).